The van der Waals surface area contributed by atoms with E-state index in [0.717, 1.165) is 0 Å². The Morgan fingerprint density at radius 3 is 2.77 bits per heavy atom. The first kappa shape index (κ1) is 16.4. The van der Waals surface area contributed by atoms with Crippen molar-refractivity contribution < 1.29 is 23.8 Å². The topological polar surface area (TPSA) is 61.8 Å². The van der Waals surface area contributed by atoms with Crippen molar-refractivity contribution in [2.24, 2.45) is 0 Å². The van der Waals surface area contributed by atoms with E-state index in [4.69, 9.17) is 14.2 Å². The minimum absolute atomic E-state index is 0.130. The molecule has 0 saturated carbocycles. The molecule has 0 aliphatic carbocycles. The van der Waals surface area contributed by atoms with Crippen LogP contribution in [0.4, 0.5) is 4.79 Å². The van der Waals surface area contributed by atoms with E-state index in [-0.39, 0.29) is 23.9 Å². The average Bonchev–Trinajstić information content (AvgIpc) is 2.99. The Bertz CT molecular complexity index is 517. The van der Waals surface area contributed by atoms with Crippen molar-refractivity contribution in [1.29, 1.82) is 0 Å². The van der Waals surface area contributed by atoms with Crippen molar-refractivity contribution >= 4 is 23.9 Å². The highest BCUT2D eigenvalue weighted by Crippen LogP contribution is 2.29. The largest absolute Gasteiger partial charge is 0.508 e. The highest BCUT2D eigenvalue weighted by atomic mass is 32.2. The maximum atomic E-state index is 11.8. The van der Waals surface area contributed by atoms with E-state index < -0.39 is 6.16 Å². The SMILES string of the molecule is C=CCOC(=O)O[C@@H]1CS[C@H](COC(=O)c2ccccc2)C1. The summed E-state index contributed by atoms with van der Waals surface area (Å²) < 4.78 is 15.2. The van der Waals surface area contributed by atoms with Gasteiger partial charge >= 0.3 is 12.1 Å². The van der Waals surface area contributed by atoms with Crippen molar-refractivity contribution in [3.8, 4) is 0 Å². The van der Waals surface area contributed by atoms with E-state index in [1.165, 1.54) is 6.08 Å². The van der Waals surface area contributed by atoms with Crippen LogP contribution in [0.25, 0.3) is 0 Å². The van der Waals surface area contributed by atoms with E-state index in [0.29, 0.717) is 24.3 Å². The van der Waals surface area contributed by atoms with Gasteiger partial charge in [-0.05, 0) is 12.1 Å². The van der Waals surface area contributed by atoms with Crippen LogP contribution in [0.15, 0.2) is 43.0 Å². The molecule has 1 aromatic carbocycles. The standard InChI is InChI=1S/C16H18O5S/c1-2-8-19-16(18)21-13-9-14(22-11-13)10-20-15(17)12-6-4-3-5-7-12/h2-7,13-14H,1,8-11H2/t13-,14-/m0/s1. The maximum absolute atomic E-state index is 11.8. The number of carbonyl (C=O) groups is 2. The minimum atomic E-state index is -0.688. The highest BCUT2D eigenvalue weighted by molar-refractivity contribution is 8.00. The Hall–Kier alpha value is -1.95. The number of carbonyl (C=O) groups excluding carboxylic acids is 2. The lowest BCUT2D eigenvalue weighted by molar-refractivity contribution is 0.0321. The predicted molar refractivity (Wildman–Crippen MR) is 84.0 cm³/mol. The van der Waals surface area contributed by atoms with Crippen LogP contribution in [0.3, 0.4) is 0 Å². The summed E-state index contributed by atoms with van der Waals surface area (Å²) >= 11 is 1.62. The van der Waals surface area contributed by atoms with E-state index >= 15 is 0 Å². The van der Waals surface area contributed by atoms with E-state index in [9.17, 15) is 9.59 Å². The maximum Gasteiger partial charge on any atom is 0.508 e. The first-order chi connectivity index (χ1) is 10.7. The second-order valence-corrected chi connectivity index (χ2v) is 6.08. The molecule has 1 heterocycles. The van der Waals surface area contributed by atoms with Crippen LogP contribution in [0.2, 0.25) is 0 Å². The zero-order chi connectivity index (χ0) is 15.8. The number of thioether (sulfide) groups is 1. The first-order valence-corrected chi connectivity index (χ1v) is 8.02. The molecule has 1 fully saturated rings. The van der Waals surface area contributed by atoms with Crippen molar-refractivity contribution in [3.63, 3.8) is 0 Å². The summed E-state index contributed by atoms with van der Waals surface area (Å²) in [5.74, 6) is 0.340. The number of benzene rings is 1. The van der Waals surface area contributed by atoms with Gasteiger partial charge in [0.05, 0.1) is 5.56 Å². The third-order valence-corrected chi connectivity index (χ3v) is 4.40. The molecule has 0 amide bonds. The molecular weight excluding hydrogens is 304 g/mol. The monoisotopic (exact) mass is 322 g/mol. The Morgan fingerprint density at radius 1 is 1.27 bits per heavy atom. The Morgan fingerprint density at radius 2 is 2.05 bits per heavy atom. The molecule has 0 bridgehead atoms. The van der Waals surface area contributed by atoms with E-state index in [1.54, 1.807) is 36.0 Å². The third-order valence-electron chi connectivity index (χ3n) is 3.04. The van der Waals surface area contributed by atoms with Crippen LogP contribution in [0.1, 0.15) is 16.8 Å². The lowest BCUT2D eigenvalue weighted by Crippen LogP contribution is -2.21. The molecule has 5 nitrogen and oxygen atoms in total. The quantitative estimate of drug-likeness (QED) is 0.592. The summed E-state index contributed by atoms with van der Waals surface area (Å²) in [4.78, 5) is 23.2. The highest BCUT2D eigenvalue weighted by Gasteiger charge is 2.29. The molecule has 1 aliphatic heterocycles. The molecular formula is C16H18O5S. The van der Waals surface area contributed by atoms with Gasteiger partial charge in [0.15, 0.2) is 0 Å². The number of hydrogen-bond acceptors (Lipinski definition) is 6. The van der Waals surface area contributed by atoms with Gasteiger partial charge < -0.3 is 14.2 Å². The fraction of sp³-hybridized carbons (Fsp3) is 0.375. The zero-order valence-corrected chi connectivity index (χ0v) is 12.9. The van der Waals surface area contributed by atoms with Crippen LogP contribution < -0.4 is 0 Å². The molecule has 1 saturated heterocycles. The lowest BCUT2D eigenvalue weighted by atomic mass is 10.2. The van der Waals surface area contributed by atoms with Gasteiger partial charge in [-0.1, -0.05) is 30.9 Å². The average molecular weight is 322 g/mol. The number of ether oxygens (including phenoxy) is 3. The van der Waals surface area contributed by atoms with Gasteiger partial charge in [-0.3, -0.25) is 0 Å². The molecule has 6 heteroatoms. The molecule has 0 radical (unpaired) electrons. The zero-order valence-electron chi connectivity index (χ0n) is 12.1. The molecule has 118 valence electrons. The smallest absolute Gasteiger partial charge is 0.461 e. The van der Waals surface area contributed by atoms with Gasteiger partial charge in [-0.25, -0.2) is 9.59 Å². The molecule has 2 atom stereocenters. The lowest BCUT2D eigenvalue weighted by Gasteiger charge is -2.12. The Labute approximate surface area is 133 Å². The minimum Gasteiger partial charge on any atom is -0.461 e. The fourth-order valence-corrected chi connectivity index (χ4v) is 3.20. The molecule has 22 heavy (non-hydrogen) atoms. The summed E-state index contributed by atoms with van der Waals surface area (Å²) in [6, 6.07) is 8.85. The molecule has 1 aliphatic rings. The normalized spacial score (nSPS) is 20.2. The second kappa shape index (κ2) is 8.48. The Kier molecular flexibility index (Phi) is 6.33. The van der Waals surface area contributed by atoms with Gasteiger partial charge in [0, 0.05) is 17.4 Å². The fourth-order valence-electron chi connectivity index (χ4n) is 1.99. The number of rotatable bonds is 6. The van der Waals surface area contributed by atoms with Crippen molar-refractivity contribution in [3.05, 3.63) is 48.6 Å². The molecule has 0 spiro atoms. The predicted octanol–water partition coefficient (Wildman–Crippen LogP) is 3.06. The molecule has 0 N–H and O–H groups in total. The second-order valence-electron chi connectivity index (χ2n) is 4.75. The summed E-state index contributed by atoms with van der Waals surface area (Å²) in [7, 11) is 0. The van der Waals surface area contributed by atoms with Gasteiger partial charge in [0.2, 0.25) is 0 Å². The van der Waals surface area contributed by atoms with Gasteiger partial charge in [-0.15, -0.1) is 0 Å². The summed E-state index contributed by atoms with van der Waals surface area (Å²) in [6.45, 7) is 3.90. The summed E-state index contributed by atoms with van der Waals surface area (Å²) in [5, 5.41) is 0.130. The van der Waals surface area contributed by atoms with Crippen molar-refractivity contribution in [1.82, 2.24) is 0 Å². The third kappa shape index (κ3) is 5.11. The molecule has 0 unspecified atom stereocenters. The van der Waals surface area contributed by atoms with Gasteiger partial charge in [-0.2, -0.15) is 11.8 Å². The Balaban J connectivity index is 1.69. The van der Waals surface area contributed by atoms with Crippen LogP contribution in [0, 0.1) is 0 Å². The number of esters is 1. The number of hydrogen-bond donors (Lipinski definition) is 0. The van der Waals surface area contributed by atoms with Gasteiger partial charge in [0.1, 0.15) is 19.3 Å². The van der Waals surface area contributed by atoms with Gasteiger partial charge in [0.25, 0.3) is 0 Å². The van der Waals surface area contributed by atoms with Crippen LogP contribution in [-0.4, -0.2) is 42.4 Å². The summed E-state index contributed by atoms with van der Waals surface area (Å²) in [5.41, 5.74) is 0.534. The van der Waals surface area contributed by atoms with Crippen LogP contribution >= 0.6 is 11.8 Å². The van der Waals surface area contributed by atoms with Crippen LogP contribution in [-0.2, 0) is 14.2 Å². The summed E-state index contributed by atoms with van der Waals surface area (Å²) in [6.07, 6.45) is 1.24. The molecule has 2 rings (SSSR count). The molecule has 1 aromatic rings. The first-order valence-electron chi connectivity index (χ1n) is 6.97. The van der Waals surface area contributed by atoms with E-state index in [2.05, 4.69) is 6.58 Å². The van der Waals surface area contributed by atoms with Crippen molar-refractivity contribution in [2.45, 2.75) is 17.8 Å². The molecule has 0 aromatic heterocycles. The van der Waals surface area contributed by atoms with E-state index in [1.807, 2.05) is 6.07 Å². The van der Waals surface area contributed by atoms with Crippen molar-refractivity contribution in [2.75, 3.05) is 19.0 Å². The van der Waals surface area contributed by atoms with Crippen LogP contribution in [0.5, 0.6) is 0 Å².